The molecular weight excluding hydrogens is 486 g/mol. The highest BCUT2D eigenvalue weighted by Gasteiger charge is 2.22. The minimum absolute atomic E-state index is 0.0469. The lowest BCUT2D eigenvalue weighted by Gasteiger charge is -2.18. The van der Waals surface area contributed by atoms with Crippen molar-refractivity contribution in [1.29, 1.82) is 0 Å². The van der Waals surface area contributed by atoms with Gasteiger partial charge in [-0.2, -0.15) is 0 Å². The van der Waals surface area contributed by atoms with Gasteiger partial charge in [0.1, 0.15) is 6.04 Å². The van der Waals surface area contributed by atoms with Gasteiger partial charge >= 0.3 is 5.97 Å². The van der Waals surface area contributed by atoms with E-state index in [0.29, 0.717) is 5.69 Å². The van der Waals surface area contributed by atoms with Crippen molar-refractivity contribution < 1.29 is 24.3 Å². The topological polar surface area (TPSA) is 125 Å². The molecule has 0 unspecified atom stereocenters. The zero-order valence-electron chi connectivity index (χ0n) is 16.9. The van der Waals surface area contributed by atoms with Gasteiger partial charge in [0.25, 0.3) is 0 Å². The fraction of sp³-hybridized carbons (Fsp3) is 0.333. The number of hydrogen-bond donors (Lipinski definition) is 4. The Labute approximate surface area is 192 Å². The molecule has 4 N–H and O–H groups in total. The van der Waals surface area contributed by atoms with E-state index in [1.54, 1.807) is 23.5 Å². The number of aliphatic carboxylic acids is 1. The molecule has 0 fully saturated rings. The van der Waals surface area contributed by atoms with Gasteiger partial charge in [0.2, 0.25) is 17.7 Å². The molecule has 2 rings (SSSR count). The summed E-state index contributed by atoms with van der Waals surface area (Å²) in [5.41, 5.74) is 1.64. The summed E-state index contributed by atoms with van der Waals surface area (Å²) < 4.78 is 0. The predicted molar refractivity (Wildman–Crippen MR) is 123 cm³/mol. The zero-order valence-corrected chi connectivity index (χ0v) is 19.3. The fourth-order valence-electron chi connectivity index (χ4n) is 2.72. The second kappa shape index (κ2) is 12.2. The standard InChI is InChI=1S/C21H24BrN3O5S/c1-13-2-7-16(31-13)10-14-3-5-15(6-4-14)24-21(30)17(8-9-20(28)29)25-19(27)12-23-18(26)11-22/h2-7,17H,8-12H2,1H3,(H,23,26)(H,24,30)(H,25,27)(H,28,29)/t17-/m0/s1. The Balaban J connectivity index is 1.96. The van der Waals surface area contributed by atoms with Crippen molar-refractivity contribution in [3.05, 3.63) is 51.7 Å². The van der Waals surface area contributed by atoms with Gasteiger partial charge in [-0.1, -0.05) is 28.1 Å². The van der Waals surface area contributed by atoms with Gasteiger partial charge in [-0.15, -0.1) is 11.3 Å². The zero-order chi connectivity index (χ0) is 22.8. The number of thiophene rings is 1. The van der Waals surface area contributed by atoms with Crippen LogP contribution in [0.2, 0.25) is 0 Å². The van der Waals surface area contributed by atoms with E-state index in [4.69, 9.17) is 5.11 Å². The minimum atomic E-state index is -1.08. The Bertz CT molecular complexity index is 929. The average Bonchev–Trinajstić information content (AvgIpc) is 3.14. The van der Waals surface area contributed by atoms with Crippen molar-refractivity contribution in [3.8, 4) is 0 Å². The molecule has 1 heterocycles. The molecule has 0 aliphatic rings. The monoisotopic (exact) mass is 509 g/mol. The Kier molecular flexibility index (Phi) is 9.67. The molecular formula is C21H24BrN3O5S. The number of carbonyl (C=O) groups is 4. The molecule has 2 aromatic rings. The number of carbonyl (C=O) groups excluding carboxylic acids is 3. The third kappa shape index (κ3) is 8.89. The number of carboxylic acid groups (broad SMARTS) is 1. The summed E-state index contributed by atoms with van der Waals surface area (Å²) in [5.74, 6) is -2.56. The van der Waals surface area contributed by atoms with Crippen LogP contribution in [0.4, 0.5) is 5.69 Å². The van der Waals surface area contributed by atoms with Crippen LogP contribution in [-0.2, 0) is 25.6 Å². The molecule has 0 radical (unpaired) electrons. The van der Waals surface area contributed by atoms with Gasteiger partial charge in [0, 0.05) is 28.3 Å². The highest BCUT2D eigenvalue weighted by atomic mass is 79.9. The van der Waals surface area contributed by atoms with Crippen LogP contribution in [0.25, 0.3) is 0 Å². The lowest BCUT2D eigenvalue weighted by atomic mass is 10.1. The lowest BCUT2D eigenvalue weighted by Crippen LogP contribution is -2.47. The number of alkyl halides is 1. The quantitative estimate of drug-likeness (QED) is 0.346. The maximum atomic E-state index is 12.6. The highest BCUT2D eigenvalue weighted by Crippen LogP contribution is 2.20. The summed E-state index contributed by atoms with van der Waals surface area (Å²) >= 11 is 4.70. The summed E-state index contributed by atoms with van der Waals surface area (Å²) in [4.78, 5) is 49.3. The van der Waals surface area contributed by atoms with Gasteiger partial charge in [-0.25, -0.2) is 0 Å². The number of nitrogens with one attached hydrogen (secondary N) is 3. The second-order valence-corrected chi connectivity index (χ2v) is 8.77. The van der Waals surface area contributed by atoms with Gasteiger partial charge in [0.15, 0.2) is 0 Å². The van der Waals surface area contributed by atoms with Gasteiger partial charge < -0.3 is 21.1 Å². The maximum Gasteiger partial charge on any atom is 0.303 e. The Morgan fingerprint density at radius 3 is 2.35 bits per heavy atom. The largest absolute Gasteiger partial charge is 0.481 e. The molecule has 0 aliphatic carbocycles. The van der Waals surface area contributed by atoms with Crippen molar-refractivity contribution in [1.82, 2.24) is 10.6 Å². The smallest absolute Gasteiger partial charge is 0.303 e. The van der Waals surface area contributed by atoms with Crippen LogP contribution < -0.4 is 16.0 Å². The number of amides is 3. The minimum Gasteiger partial charge on any atom is -0.481 e. The molecule has 1 aromatic heterocycles. The van der Waals surface area contributed by atoms with Crippen molar-refractivity contribution in [2.45, 2.75) is 32.2 Å². The van der Waals surface area contributed by atoms with Crippen LogP contribution in [0.3, 0.4) is 0 Å². The van der Waals surface area contributed by atoms with Crippen molar-refractivity contribution in [2.24, 2.45) is 0 Å². The van der Waals surface area contributed by atoms with Crippen LogP contribution in [0.5, 0.6) is 0 Å². The summed E-state index contributed by atoms with van der Waals surface area (Å²) in [5, 5.41) is 16.5. The van der Waals surface area contributed by atoms with Crippen molar-refractivity contribution in [2.75, 3.05) is 17.2 Å². The molecule has 166 valence electrons. The van der Waals surface area contributed by atoms with E-state index < -0.39 is 23.8 Å². The molecule has 0 bridgehead atoms. The summed E-state index contributed by atoms with van der Waals surface area (Å²) in [6.07, 6.45) is 0.435. The molecule has 1 aromatic carbocycles. The van der Waals surface area contributed by atoms with E-state index in [0.717, 1.165) is 12.0 Å². The SMILES string of the molecule is Cc1ccc(Cc2ccc(NC(=O)[C@H](CCC(=O)O)NC(=O)CNC(=O)CBr)cc2)s1. The van der Waals surface area contributed by atoms with E-state index in [2.05, 4.69) is 50.9 Å². The van der Waals surface area contributed by atoms with Crippen LogP contribution >= 0.6 is 27.3 Å². The Morgan fingerprint density at radius 2 is 1.77 bits per heavy atom. The molecule has 0 saturated carbocycles. The van der Waals surface area contributed by atoms with Crippen LogP contribution in [0.1, 0.15) is 28.2 Å². The molecule has 0 spiro atoms. The Hall–Kier alpha value is -2.72. The lowest BCUT2D eigenvalue weighted by molar-refractivity contribution is -0.137. The van der Waals surface area contributed by atoms with E-state index in [1.807, 2.05) is 12.1 Å². The molecule has 0 aliphatic heterocycles. The van der Waals surface area contributed by atoms with Crippen molar-refractivity contribution >= 4 is 56.6 Å². The number of halogens is 1. The summed E-state index contributed by atoms with van der Waals surface area (Å²) in [6, 6.07) is 10.5. The van der Waals surface area contributed by atoms with E-state index in [-0.39, 0.29) is 30.6 Å². The molecule has 10 heteroatoms. The molecule has 0 saturated heterocycles. The number of aryl methyl sites for hydroxylation is 1. The van der Waals surface area contributed by atoms with E-state index in [1.165, 1.54) is 9.75 Å². The van der Waals surface area contributed by atoms with E-state index in [9.17, 15) is 19.2 Å². The van der Waals surface area contributed by atoms with Crippen LogP contribution in [-0.4, -0.2) is 46.7 Å². The normalized spacial score (nSPS) is 11.4. The number of benzene rings is 1. The van der Waals surface area contributed by atoms with Gasteiger partial charge in [0.05, 0.1) is 11.9 Å². The summed E-state index contributed by atoms with van der Waals surface area (Å²) in [6.45, 7) is 1.75. The second-order valence-electron chi connectivity index (χ2n) is 6.84. The third-order valence-electron chi connectivity index (χ3n) is 4.26. The average molecular weight is 510 g/mol. The number of hydrogen-bond acceptors (Lipinski definition) is 5. The first-order chi connectivity index (χ1) is 14.8. The number of rotatable bonds is 11. The van der Waals surface area contributed by atoms with Crippen LogP contribution in [0, 0.1) is 6.92 Å². The molecule has 1 atom stereocenters. The van der Waals surface area contributed by atoms with E-state index >= 15 is 0 Å². The fourth-order valence-corrected chi connectivity index (χ4v) is 3.85. The highest BCUT2D eigenvalue weighted by molar-refractivity contribution is 9.09. The van der Waals surface area contributed by atoms with Crippen molar-refractivity contribution in [3.63, 3.8) is 0 Å². The van der Waals surface area contributed by atoms with Gasteiger partial charge in [-0.3, -0.25) is 19.2 Å². The first-order valence-corrected chi connectivity index (χ1v) is 11.5. The van der Waals surface area contributed by atoms with Gasteiger partial charge in [-0.05, 0) is 43.2 Å². The number of carboxylic acids is 1. The maximum absolute atomic E-state index is 12.6. The molecule has 31 heavy (non-hydrogen) atoms. The summed E-state index contributed by atoms with van der Waals surface area (Å²) in [7, 11) is 0. The first-order valence-electron chi connectivity index (χ1n) is 9.55. The third-order valence-corrected chi connectivity index (χ3v) is 5.77. The number of anilines is 1. The Morgan fingerprint density at radius 1 is 1.06 bits per heavy atom. The molecule has 3 amide bonds. The predicted octanol–water partition coefficient (Wildman–Crippen LogP) is 2.45. The first kappa shape index (κ1) is 24.5. The van der Waals surface area contributed by atoms with Crippen LogP contribution in [0.15, 0.2) is 36.4 Å². The molecule has 8 nitrogen and oxygen atoms in total.